The van der Waals surface area contributed by atoms with E-state index in [1.807, 2.05) is 0 Å². The highest BCUT2D eigenvalue weighted by atomic mass is 19.4. The fraction of sp³-hybridized carbons (Fsp3) is 0.719. The van der Waals surface area contributed by atoms with Crippen molar-refractivity contribution in [1.82, 2.24) is 46.6 Å². The molecule has 93 heavy (non-hydrogen) atoms. The van der Waals surface area contributed by atoms with Crippen LogP contribution in [0.15, 0.2) is 29.3 Å². The minimum Gasteiger partial charge on any atom is -0.481 e. The minimum absolute atomic E-state index is 0.0148. The number of aliphatic hydroxyl groups is 1. The Labute approximate surface area is 544 Å². The van der Waals surface area contributed by atoms with Crippen molar-refractivity contribution < 1.29 is 76.1 Å². The highest BCUT2D eigenvalue weighted by molar-refractivity contribution is 5.99. The number of carboxylic acid groups (broad SMARTS) is 1. The van der Waals surface area contributed by atoms with Gasteiger partial charge in [0.1, 0.15) is 48.3 Å². The summed E-state index contributed by atoms with van der Waals surface area (Å²) in [6, 6.07) is -7.37. The predicted molar refractivity (Wildman–Crippen MR) is 341 cm³/mol. The monoisotopic (exact) mass is 1320 g/mol. The maximum Gasteiger partial charge on any atom is 0.416 e. The van der Waals surface area contributed by atoms with Gasteiger partial charge in [0, 0.05) is 52.5 Å². The molecule has 0 bridgehead atoms. The number of hydrogen-bond donors (Lipinski definition) is 11. The van der Waals surface area contributed by atoms with E-state index in [9.17, 15) is 76.1 Å². The maximum absolute atomic E-state index is 14.9. The Morgan fingerprint density at radius 1 is 0.710 bits per heavy atom. The summed E-state index contributed by atoms with van der Waals surface area (Å²) in [4.78, 5) is 161. The molecule has 0 saturated carbocycles. The summed E-state index contributed by atoms with van der Waals surface area (Å²) in [5.41, 5.74) is 15.6. The molecule has 26 nitrogen and oxygen atoms in total. The Balaban J connectivity index is 1.95. The molecule has 2 aliphatic heterocycles. The molecule has 524 valence electrons. The second-order valence-corrected chi connectivity index (χ2v) is 26.1. The van der Waals surface area contributed by atoms with Crippen LogP contribution in [0.4, 0.5) is 13.2 Å². The summed E-state index contributed by atoms with van der Waals surface area (Å²) in [5, 5.41) is 36.8. The second kappa shape index (κ2) is 38.6. The summed E-state index contributed by atoms with van der Waals surface area (Å²) in [6.45, 7) is 16.1. The van der Waals surface area contributed by atoms with Crippen molar-refractivity contribution >= 4 is 71.0 Å². The molecule has 1 aromatic carbocycles. The number of amides is 10. The molecule has 0 aromatic heterocycles. The summed E-state index contributed by atoms with van der Waals surface area (Å²) in [5.74, 6) is -11.8. The van der Waals surface area contributed by atoms with Gasteiger partial charge in [0.05, 0.1) is 24.0 Å². The van der Waals surface area contributed by atoms with Crippen LogP contribution in [0.3, 0.4) is 0 Å². The van der Waals surface area contributed by atoms with Gasteiger partial charge in [-0.15, -0.1) is 0 Å². The predicted octanol–water partition coefficient (Wildman–Crippen LogP) is 2.74. The number of aliphatic hydroxyl groups excluding tert-OH is 1. The number of halogens is 3. The molecule has 2 fully saturated rings. The molecule has 1 aromatic rings. The molecule has 2 aliphatic rings. The van der Waals surface area contributed by atoms with E-state index in [4.69, 9.17) is 17.2 Å². The zero-order valence-corrected chi connectivity index (χ0v) is 55.8. The number of aliphatic imine (C=N–C) groups is 1. The van der Waals surface area contributed by atoms with Gasteiger partial charge in [0.25, 0.3) is 0 Å². The number of alkyl halides is 3. The number of benzene rings is 1. The number of carbonyl (C=O) groups excluding carboxylic acids is 10. The van der Waals surface area contributed by atoms with E-state index in [0.717, 1.165) is 47.6 Å². The van der Waals surface area contributed by atoms with E-state index < -0.39 is 157 Å². The van der Waals surface area contributed by atoms with Crippen LogP contribution in [-0.2, 0) is 65.3 Å². The molecule has 0 radical (unpaired) electrons. The van der Waals surface area contributed by atoms with E-state index in [1.165, 1.54) is 19.2 Å². The number of β-amino-alcohol motifs (C(OH)–C–C–N with tert-alkyl or cyclic N) is 1. The first-order chi connectivity index (χ1) is 43.6. The van der Waals surface area contributed by atoms with Crippen molar-refractivity contribution in [2.75, 3.05) is 33.2 Å². The smallest absolute Gasteiger partial charge is 0.416 e. The lowest BCUT2D eigenvalue weighted by atomic mass is 9.95. The molecule has 10 amide bonds. The topological polar surface area (TPSA) is 401 Å². The van der Waals surface area contributed by atoms with Crippen molar-refractivity contribution in [3.63, 3.8) is 0 Å². The van der Waals surface area contributed by atoms with Crippen LogP contribution in [0.1, 0.15) is 176 Å². The SMILES string of the molecule is CCCCCCCC(=O)N1CCC[C@H](C(=O)N[C@@H](Cc2cccc(C(F)(F)F)c2)C(=O)N[C@H](CC(C)C)C(=O)N[C@@H](CC(C)C)C(=O)N2C[C@H](O)C[C@H]2C(=O)N(C)[C@@H](CC(C)C)C(=O)N[C@@H](CC(=O)O)C(=O)N[C@@H](CCCN=C(N)N)C(=O)N[C@H](C(N)=O)[C@@H](C)CC)C1. The van der Waals surface area contributed by atoms with Crippen molar-refractivity contribution in [2.45, 2.75) is 232 Å². The molecular weight excluding hydrogens is 1220 g/mol. The van der Waals surface area contributed by atoms with E-state index in [2.05, 4.69) is 43.8 Å². The van der Waals surface area contributed by atoms with Crippen LogP contribution >= 0.6 is 0 Å². The number of likely N-dealkylation sites (tertiary alicyclic amines) is 2. The third kappa shape index (κ3) is 26.7. The summed E-state index contributed by atoms with van der Waals surface area (Å²) >= 11 is 0. The normalized spacial score (nSPS) is 18.4. The Bertz CT molecular complexity index is 2730. The zero-order valence-electron chi connectivity index (χ0n) is 55.8. The van der Waals surface area contributed by atoms with Crippen LogP contribution in [0.5, 0.6) is 0 Å². The molecule has 0 spiro atoms. The number of carbonyl (C=O) groups is 11. The van der Waals surface area contributed by atoms with Gasteiger partial charge < -0.3 is 74.0 Å². The number of nitrogens with one attached hydrogen (secondary N) is 6. The average Bonchev–Trinajstić information content (AvgIpc) is 1.75. The number of primary amides is 1. The lowest BCUT2D eigenvalue weighted by Crippen LogP contribution is -2.61. The molecular formula is C64H104F3N13O13. The van der Waals surface area contributed by atoms with Gasteiger partial charge >= 0.3 is 12.1 Å². The first-order valence-corrected chi connectivity index (χ1v) is 32.7. The van der Waals surface area contributed by atoms with Crippen LogP contribution in [-0.4, -0.2) is 184 Å². The molecule has 29 heteroatoms. The number of nitrogens with zero attached hydrogens (tertiary/aromatic N) is 4. The van der Waals surface area contributed by atoms with E-state index >= 15 is 0 Å². The quantitative estimate of drug-likeness (QED) is 0.0258. The van der Waals surface area contributed by atoms with Crippen molar-refractivity contribution in [3.8, 4) is 0 Å². The molecule has 2 heterocycles. The van der Waals surface area contributed by atoms with Crippen molar-refractivity contribution in [3.05, 3.63) is 35.4 Å². The number of hydrogen-bond acceptors (Lipinski definition) is 13. The van der Waals surface area contributed by atoms with E-state index in [1.54, 1.807) is 60.3 Å². The second-order valence-electron chi connectivity index (χ2n) is 26.1. The minimum atomic E-state index is -4.74. The highest BCUT2D eigenvalue weighted by Crippen LogP contribution is 2.30. The number of guanidine groups is 1. The Kier molecular flexibility index (Phi) is 33.0. The Morgan fingerprint density at radius 2 is 1.29 bits per heavy atom. The first-order valence-electron chi connectivity index (χ1n) is 32.7. The first kappa shape index (κ1) is 79.6. The van der Waals surface area contributed by atoms with E-state index in [-0.39, 0.29) is 86.8 Å². The third-order valence-electron chi connectivity index (χ3n) is 16.7. The average molecular weight is 1320 g/mol. The molecule has 11 atom stereocenters. The van der Waals surface area contributed by atoms with Crippen molar-refractivity contribution in [2.24, 2.45) is 51.8 Å². The fourth-order valence-electron chi connectivity index (χ4n) is 11.5. The molecule has 0 unspecified atom stereocenters. The Hall–Kier alpha value is -7.59. The molecule has 14 N–H and O–H groups in total. The number of piperidine rings is 1. The van der Waals surface area contributed by atoms with Gasteiger partial charge in [-0.1, -0.05) is 113 Å². The van der Waals surface area contributed by atoms with Crippen LogP contribution in [0, 0.1) is 29.6 Å². The lowest BCUT2D eigenvalue weighted by molar-refractivity contribution is -0.149. The van der Waals surface area contributed by atoms with Gasteiger partial charge in [-0.3, -0.25) is 57.7 Å². The third-order valence-corrected chi connectivity index (χ3v) is 16.7. The van der Waals surface area contributed by atoms with Gasteiger partial charge in [0.2, 0.25) is 59.1 Å². The molecule has 2 saturated heterocycles. The van der Waals surface area contributed by atoms with Crippen LogP contribution in [0.25, 0.3) is 0 Å². The van der Waals surface area contributed by atoms with Gasteiger partial charge in [-0.25, -0.2) is 0 Å². The number of carboxylic acids is 1. The van der Waals surface area contributed by atoms with Gasteiger partial charge in [-0.05, 0) is 86.7 Å². The summed E-state index contributed by atoms with van der Waals surface area (Å²) in [6.07, 6.45) is -1.64. The standard InChI is InChI=1S/C64H104F3N13O13/c1-11-13-14-15-16-24-51(82)79-26-19-21-41(34-79)55(86)73-46(31-40-20-17-22-42(30-40)64(65,66)67)58(89)74-45(27-36(3)4)57(88)76-48(28-37(5)6)61(92)80-35-43(81)32-50(80)62(93)78(10)49(29-38(7)8)60(91)75-47(33-52(83)84)59(90)72-44(23-18-25-71-63(69)70)56(87)77-53(54(68)85)39(9)12-2/h17,20,22,30,36-39,41,43-50,53,81H,11-16,18-19,21,23-29,31-35H2,1-10H3,(H2,68,85)(H,72,90)(H,73,86)(H,74,89)(H,75,91)(H,76,88)(H,77,87)(H,83,84)(H4,69,70,71)/t39-,41-,43+,44-,45+,46-,47-,48-,49-,50-,53-/m0/s1. The number of unbranched alkanes of at least 4 members (excludes halogenated alkanes) is 4. The number of rotatable bonds is 38. The highest BCUT2D eigenvalue weighted by Gasteiger charge is 2.46. The number of nitrogens with two attached hydrogens (primary N) is 3. The Morgan fingerprint density at radius 3 is 1.88 bits per heavy atom. The fourth-order valence-corrected chi connectivity index (χ4v) is 11.5. The van der Waals surface area contributed by atoms with Crippen molar-refractivity contribution in [1.29, 1.82) is 0 Å². The number of likely N-dealkylation sites (N-methyl/N-ethyl adjacent to an activating group) is 1. The molecule has 0 aliphatic carbocycles. The lowest BCUT2D eigenvalue weighted by Gasteiger charge is -2.35. The van der Waals surface area contributed by atoms with Crippen LogP contribution < -0.4 is 49.1 Å². The van der Waals surface area contributed by atoms with Crippen LogP contribution in [0.2, 0.25) is 0 Å². The summed E-state index contributed by atoms with van der Waals surface area (Å²) < 4.78 is 42.0. The molecule has 3 rings (SSSR count). The van der Waals surface area contributed by atoms with Gasteiger partial charge in [-0.2, -0.15) is 13.2 Å². The largest absolute Gasteiger partial charge is 0.481 e. The van der Waals surface area contributed by atoms with E-state index in [0.29, 0.717) is 38.6 Å². The number of aliphatic carboxylic acids is 1. The zero-order chi connectivity index (χ0) is 70.0. The maximum atomic E-state index is 14.9. The van der Waals surface area contributed by atoms with Gasteiger partial charge in [0.15, 0.2) is 5.96 Å². The summed E-state index contributed by atoms with van der Waals surface area (Å²) in [7, 11) is 1.26.